The van der Waals surface area contributed by atoms with Crippen molar-refractivity contribution in [3.05, 3.63) is 53.6 Å². The number of hydrogen-bond donors (Lipinski definition) is 0. The number of rotatable bonds is 3. The first-order chi connectivity index (χ1) is 7.91. The molecule has 0 bridgehead atoms. The lowest BCUT2D eigenvalue weighted by molar-refractivity contribution is -0.166. The molecule has 0 amide bonds. The Kier molecular flexibility index (Phi) is 4.26. The summed E-state index contributed by atoms with van der Waals surface area (Å²) in [5, 5.41) is 0. The van der Waals surface area contributed by atoms with Gasteiger partial charge in [-0.15, -0.1) is 0 Å². The molecule has 0 unspecified atom stereocenters. The van der Waals surface area contributed by atoms with Crippen LogP contribution in [0.3, 0.4) is 0 Å². The van der Waals surface area contributed by atoms with Crippen LogP contribution in [0.15, 0.2) is 48.1 Å². The third-order valence-electron chi connectivity index (χ3n) is 2.05. The molecule has 90 valence electrons. The lowest BCUT2D eigenvalue weighted by Crippen LogP contribution is -2.23. The Labute approximate surface area is 97.3 Å². The largest absolute Gasteiger partial charge is 0.454 e. The fourth-order valence-electron chi connectivity index (χ4n) is 1.17. The fourth-order valence-corrected chi connectivity index (χ4v) is 1.17. The highest BCUT2D eigenvalue weighted by Crippen LogP contribution is 2.20. The average Bonchev–Trinajstić information content (AvgIpc) is 2.28. The molecule has 0 atom stereocenters. The second kappa shape index (κ2) is 5.48. The van der Waals surface area contributed by atoms with E-state index in [4.69, 9.17) is 0 Å². The van der Waals surface area contributed by atoms with E-state index in [0.717, 1.165) is 18.6 Å². The minimum Gasteiger partial charge on any atom is -0.284 e. The molecule has 1 rings (SSSR count). The van der Waals surface area contributed by atoms with Gasteiger partial charge in [0.15, 0.2) is 0 Å². The van der Waals surface area contributed by atoms with Gasteiger partial charge in [0.1, 0.15) is 0 Å². The molecule has 0 fully saturated rings. The van der Waals surface area contributed by atoms with Crippen LogP contribution < -0.4 is 0 Å². The maximum atomic E-state index is 12.0. The van der Waals surface area contributed by atoms with Crippen molar-refractivity contribution < 1.29 is 18.0 Å². The first-order valence-corrected chi connectivity index (χ1v) is 4.93. The number of allylic oxidation sites excluding steroid dienone is 3. The van der Waals surface area contributed by atoms with E-state index in [0.29, 0.717) is 0 Å². The molecule has 0 heterocycles. The van der Waals surface area contributed by atoms with Crippen molar-refractivity contribution in [2.24, 2.45) is 0 Å². The maximum absolute atomic E-state index is 12.0. The van der Waals surface area contributed by atoms with E-state index in [2.05, 4.69) is 0 Å². The molecule has 0 spiro atoms. The van der Waals surface area contributed by atoms with Gasteiger partial charge in [-0.25, -0.2) is 0 Å². The molecule has 1 aromatic carbocycles. The minimum atomic E-state index is -4.80. The van der Waals surface area contributed by atoms with Gasteiger partial charge in [-0.05, 0) is 12.5 Å². The highest BCUT2D eigenvalue weighted by molar-refractivity contribution is 5.99. The Bertz CT molecular complexity index is 441. The summed E-state index contributed by atoms with van der Waals surface area (Å²) in [5.74, 6) is -1.81. The summed E-state index contributed by atoms with van der Waals surface area (Å²) in [6, 6.07) is 9.09. The van der Waals surface area contributed by atoms with Crippen LogP contribution in [-0.2, 0) is 4.79 Å². The van der Waals surface area contributed by atoms with E-state index in [1.54, 1.807) is 6.08 Å². The summed E-state index contributed by atoms with van der Waals surface area (Å²) >= 11 is 0. The fraction of sp³-hybridized carbons (Fsp3) is 0.154. The second-order valence-electron chi connectivity index (χ2n) is 3.45. The van der Waals surface area contributed by atoms with Crippen molar-refractivity contribution in [1.29, 1.82) is 0 Å². The Hall–Kier alpha value is -1.84. The van der Waals surface area contributed by atoms with Crippen LogP contribution in [0.4, 0.5) is 13.2 Å². The Balaban J connectivity index is 2.72. The third kappa shape index (κ3) is 4.26. The first kappa shape index (κ1) is 13.2. The lowest BCUT2D eigenvalue weighted by Gasteiger charge is -2.03. The number of carbonyl (C=O) groups excluding carboxylic acids is 1. The Morgan fingerprint density at radius 2 is 1.76 bits per heavy atom. The van der Waals surface area contributed by atoms with Gasteiger partial charge in [-0.1, -0.05) is 48.6 Å². The van der Waals surface area contributed by atoms with Gasteiger partial charge in [0.25, 0.3) is 5.78 Å². The zero-order valence-electron chi connectivity index (χ0n) is 9.16. The number of Topliss-reactive ketones (excluding diaryl/α,β-unsaturated/α-hetero) is 1. The number of carbonyl (C=O) groups is 1. The van der Waals surface area contributed by atoms with E-state index in [1.807, 2.05) is 30.3 Å². The molecular formula is C13H11F3O. The third-order valence-corrected chi connectivity index (χ3v) is 2.05. The highest BCUT2D eigenvalue weighted by Gasteiger charge is 2.38. The molecule has 17 heavy (non-hydrogen) atoms. The van der Waals surface area contributed by atoms with Gasteiger partial charge in [0.2, 0.25) is 0 Å². The number of alkyl halides is 3. The van der Waals surface area contributed by atoms with E-state index in [9.17, 15) is 18.0 Å². The molecule has 0 N–H and O–H groups in total. The summed E-state index contributed by atoms with van der Waals surface area (Å²) in [7, 11) is 0. The number of benzene rings is 1. The summed E-state index contributed by atoms with van der Waals surface area (Å²) in [4.78, 5) is 10.8. The van der Waals surface area contributed by atoms with Crippen molar-refractivity contribution in [2.45, 2.75) is 13.1 Å². The number of hydrogen-bond acceptors (Lipinski definition) is 1. The van der Waals surface area contributed by atoms with Gasteiger partial charge in [-0.3, -0.25) is 4.79 Å². The van der Waals surface area contributed by atoms with Crippen LogP contribution in [-0.4, -0.2) is 12.0 Å². The molecule has 1 nitrogen and oxygen atoms in total. The van der Waals surface area contributed by atoms with Crippen molar-refractivity contribution in [2.75, 3.05) is 0 Å². The molecule has 0 radical (unpaired) electrons. The van der Waals surface area contributed by atoms with Gasteiger partial charge in [0, 0.05) is 5.57 Å². The van der Waals surface area contributed by atoms with E-state index >= 15 is 0 Å². The van der Waals surface area contributed by atoms with Crippen molar-refractivity contribution in [3.8, 4) is 0 Å². The molecule has 0 saturated heterocycles. The quantitative estimate of drug-likeness (QED) is 0.580. The van der Waals surface area contributed by atoms with E-state index < -0.39 is 12.0 Å². The summed E-state index contributed by atoms with van der Waals surface area (Å²) in [5.41, 5.74) is 0.528. The zero-order chi connectivity index (χ0) is 12.9. The van der Waals surface area contributed by atoms with Crippen molar-refractivity contribution in [1.82, 2.24) is 0 Å². The molecule has 0 aliphatic rings. The van der Waals surface area contributed by atoms with Gasteiger partial charge in [0.05, 0.1) is 0 Å². The van der Waals surface area contributed by atoms with Crippen LogP contribution in [0.25, 0.3) is 6.08 Å². The zero-order valence-corrected chi connectivity index (χ0v) is 9.16. The predicted octanol–water partition coefficient (Wildman–Crippen LogP) is 3.78. The smallest absolute Gasteiger partial charge is 0.284 e. The van der Waals surface area contributed by atoms with Crippen LogP contribution in [0.2, 0.25) is 0 Å². The highest BCUT2D eigenvalue weighted by atomic mass is 19.4. The molecule has 0 saturated carbocycles. The lowest BCUT2D eigenvalue weighted by atomic mass is 10.1. The van der Waals surface area contributed by atoms with Crippen LogP contribution >= 0.6 is 0 Å². The maximum Gasteiger partial charge on any atom is 0.454 e. The number of halogens is 3. The normalized spacial score (nSPS) is 13.1. The molecule has 0 aromatic heterocycles. The van der Waals surface area contributed by atoms with Crippen LogP contribution in [0, 0.1) is 0 Å². The minimum absolute atomic E-state index is 0.329. The van der Waals surface area contributed by atoms with Crippen molar-refractivity contribution >= 4 is 11.9 Å². The SMILES string of the molecule is C/C(=C\C=C\c1ccccc1)C(=O)C(F)(F)F. The summed E-state index contributed by atoms with van der Waals surface area (Å²) < 4.78 is 36.1. The van der Waals surface area contributed by atoms with Crippen molar-refractivity contribution in [3.63, 3.8) is 0 Å². The predicted molar refractivity (Wildman–Crippen MR) is 60.3 cm³/mol. The molecule has 0 aliphatic carbocycles. The average molecular weight is 240 g/mol. The van der Waals surface area contributed by atoms with Gasteiger partial charge < -0.3 is 0 Å². The number of ketones is 1. The molecule has 0 aliphatic heterocycles. The van der Waals surface area contributed by atoms with Crippen LogP contribution in [0.1, 0.15) is 12.5 Å². The standard InChI is InChI=1S/C13H11F3O/c1-10(12(17)13(14,15)16)6-5-9-11-7-3-2-4-8-11/h2-9H,1H3/b9-5+,10-6+. The van der Waals surface area contributed by atoms with Crippen LogP contribution in [0.5, 0.6) is 0 Å². The van der Waals surface area contributed by atoms with E-state index in [-0.39, 0.29) is 5.57 Å². The summed E-state index contributed by atoms with van der Waals surface area (Å²) in [6.07, 6.45) is -0.592. The second-order valence-corrected chi connectivity index (χ2v) is 3.45. The molecule has 1 aromatic rings. The molecular weight excluding hydrogens is 229 g/mol. The Morgan fingerprint density at radius 1 is 1.18 bits per heavy atom. The first-order valence-electron chi connectivity index (χ1n) is 4.93. The Morgan fingerprint density at radius 3 is 2.29 bits per heavy atom. The van der Waals surface area contributed by atoms with Gasteiger partial charge >= 0.3 is 6.18 Å². The topological polar surface area (TPSA) is 17.1 Å². The summed E-state index contributed by atoms with van der Waals surface area (Å²) in [6.45, 7) is 1.14. The monoisotopic (exact) mass is 240 g/mol. The van der Waals surface area contributed by atoms with Gasteiger partial charge in [-0.2, -0.15) is 13.2 Å². The van der Waals surface area contributed by atoms with E-state index in [1.165, 1.54) is 6.08 Å². The molecule has 4 heteroatoms.